The Kier molecular flexibility index (Phi) is 3.30. The standard InChI is InChI=1S/C21H26N2O2/c1-3-14-15-8-10-23-11-9-21(19(14)23)12-13-6-4-5-7-16(13)22-18(21)17(15)20(24)25-2/h4-7,14-15,19,22H,3,8-12H2,1-2H3/t14-,15+,19-,21+/m1/s1. The van der Waals surface area contributed by atoms with Gasteiger partial charge in [0, 0.05) is 22.8 Å². The Morgan fingerprint density at radius 1 is 1.36 bits per heavy atom. The van der Waals surface area contributed by atoms with Crippen molar-refractivity contribution in [1.82, 2.24) is 4.90 Å². The van der Waals surface area contributed by atoms with Gasteiger partial charge in [0.05, 0.1) is 12.7 Å². The third-order valence-corrected chi connectivity index (χ3v) is 7.25. The molecule has 4 nitrogen and oxygen atoms in total. The summed E-state index contributed by atoms with van der Waals surface area (Å²) in [5, 5.41) is 3.71. The van der Waals surface area contributed by atoms with E-state index in [0.717, 1.165) is 50.0 Å². The predicted molar refractivity (Wildman–Crippen MR) is 97.1 cm³/mol. The number of benzene rings is 1. The highest BCUT2D eigenvalue weighted by Crippen LogP contribution is 2.61. The highest BCUT2D eigenvalue weighted by atomic mass is 16.5. The molecule has 4 aliphatic rings. The molecule has 2 fully saturated rings. The topological polar surface area (TPSA) is 41.6 Å². The number of piperidine rings is 1. The molecule has 1 aromatic rings. The van der Waals surface area contributed by atoms with Crippen molar-refractivity contribution in [1.29, 1.82) is 0 Å². The van der Waals surface area contributed by atoms with Crippen LogP contribution in [0.25, 0.3) is 0 Å². The van der Waals surface area contributed by atoms with Crippen molar-refractivity contribution in [2.75, 3.05) is 25.5 Å². The van der Waals surface area contributed by atoms with Crippen molar-refractivity contribution >= 4 is 11.7 Å². The first-order valence-electron chi connectivity index (χ1n) is 9.61. The number of nitrogens with one attached hydrogen (secondary N) is 1. The fourth-order valence-electron chi connectivity index (χ4n) is 6.35. The Bertz CT molecular complexity index is 771. The molecule has 1 spiro atoms. The maximum atomic E-state index is 12.8. The van der Waals surface area contributed by atoms with Gasteiger partial charge in [-0.05, 0) is 55.8 Å². The van der Waals surface area contributed by atoms with Crippen LogP contribution in [-0.2, 0) is 16.0 Å². The van der Waals surface area contributed by atoms with Crippen LogP contribution in [0.5, 0.6) is 0 Å². The molecule has 4 atom stereocenters. The number of carbonyl (C=O) groups excluding carboxylic acids is 1. The average molecular weight is 338 g/mol. The Morgan fingerprint density at radius 3 is 3.00 bits per heavy atom. The number of hydrogen-bond donors (Lipinski definition) is 1. The maximum absolute atomic E-state index is 12.8. The molecule has 3 aliphatic heterocycles. The summed E-state index contributed by atoms with van der Waals surface area (Å²) in [6.45, 7) is 4.55. The largest absolute Gasteiger partial charge is 0.466 e. The molecule has 5 rings (SSSR count). The summed E-state index contributed by atoms with van der Waals surface area (Å²) in [4.78, 5) is 15.5. The summed E-state index contributed by atoms with van der Waals surface area (Å²) in [6.07, 6.45) is 4.37. The first-order chi connectivity index (χ1) is 12.2. The van der Waals surface area contributed by atoms with Gasteiger partial charge >= 0.3 is 5.97 Å². The van der Waals surface area contributed by atoms with Crippen LogP contribution in [0, 0.1) is 17.3 Å². The zero-order chi connectivity index (χ0) is 17.2. The Labute approximate surface area is 149 Å². The SMILES string of the molecule is CC[C@@H]1[C@@H]2CCN3CC[C@@]4(Cc5ccccc5NC4=C2C(=O)OC)[C@@H]13. The lowest BCUT2D eigenvalue weighted by molar-refractivity contribution is -0.138. The number of esters is 1. The van der Waals surface area contributed by atoms with Crippen molar-refractivity contribution < 1.29 is 9.53 Å². The molecule has 2 saturated heterocycles. The van der Waals surface area contributed by atoms with Crippen molar-refractivity contribution in [2.45, 2.75) is 38.6 Å². The smallest absolute Gasteiger partial charge is 0.335 e. The minimum atomic E-state index is -0.122. The zero-order valence-corrected chi connectivity index (χ0v) is 15.0. The molecule has 4 heteroatoms. The fraction of sp³-hybridized carbons (Fsp3) is 0.571. The highest BCUT2D eigenvalue weighted by Gasteiger charge is 2.62. The summed E-state index contributed by atoms with van der Waals surface area (Å²) in [5.41, 5.74) is 4.73. The summed E-state index contributed by atoms with van der Waals surface area (Å²) >= 11 is 0. The van der Waals surface area contributed by atoms with Gasteiger partial charge in [-0.25, -0.2) is 4.79 Å². The number of fused-ring (bicyclic) bond motifs is 2. The molecule has 1 aliphatic carbocycles. The van der Waals surface area contributed by atoms with E-state index >= 15 is 0 Å². The summed E-state index contributed by atoms with van der Waals surface area (Å²) in [6, 6.07) is 9.13. The van der Waals surface area contributed by atoms with Gasteiger partial charge in [0.2, 0.25) is 0 Å². The second-order valence-electron chi connectivity index (χ2n) is 8.09. The number of carbonyl (C=O) groups is 1. The Hall–Kier alpha value is -1.81. The number of ether oxygens (including phenoxy) is 1. The first-order valence-corrected chi connectivity index (χ1v) is 9.61. The van der Waals surface area contributed by atoms with E-state index in [1.54, 1.807) is 0 Å². The highest BCUT2D eigenvalue weighted by molar-refractivity contribution is 5.92. The number of para-hydroxylation sites is 1. The molecule has 0 aromatic heterocycles. The summed E-state index contributed by atoms with van der Waals surface area (Å²) < 4.78 is 5.26. The lowest BCUT2D eigenvalue weighted by Crippen LogP contribution is -2.59. The second kappa shape index (κ2) is 5.34. The Balaban J connectivity index is 1.77. The third kappa shape index (κ3) is 1.89. The van der Waals surface area contributed by atoms with Crippen molar-refractivity contribution in [3.05, 3.63) is 41.1 Å². The molecule has 132 valence electrons. The van der Waals surface area contributed by atoms with Crippen LogP contribution in [0.1, 0.15) is 31.7 Å². The van der Waals surface area contributed by atoms with E-state index in [2.05, 4.69) is 41.4 Å². The van der Waals surface area contributed by atoms with Crippen molar-refractivity contribution in [3.8, 4) is 0 Å². The van der Waals surface area contributed by atoms with Gasteiger partial charge in [0.1, 0.15) is 0 Å². The fourth-order valence-corrected chi connectivity index (χ4v) is 6.35. The third-order valence-electron chi connectivity index (χ3n) is 7.25. The van der Waals surface area contributed by atoms with Crippen LogP contribution >= 0.6 is 0 Å². The van der Waals surface area contributed by atoms with Gasteiger partial charge < -0.3 is 10.1 Å². The molecule has 1 aromatic carbocycles. The van der Waals surface area contributed by atoms with Crippen LogP contribution in [0.4, 0.5) is 5.69 Å². The van der Waals surface area contributed by atoms with Crippen molar-refractivity contribution in [3.63, 3.8) is 0 Å². The molecule has 1 N–H and O–H groups in total. The second-order valence-corrected chi connectivity index (χ2v) is 8.09. The van der Waals surface area contributed by atoms with Crippen LogP contribution in [-0.4, -0.2) is 37.1 Å². The van der Waals surface area contributed by atoms with Gasteiger partial charge in [-0.3, -0.25) is 4.90 Å². The lowest BCUT2D eigenvalue weighted by Gasteiger charge is -2.56. The molecule has 0 unspecified atom stereocenters. The zero-order valence-electron chi connectivity index (χ0n) is 15.0. The van der Waals surface area contributed by atoms with E-state index in [1.807, 2.05) is 0 Å². The Morgan fingerprint density at radius 2 is 2.20 bits per heavy atom. The summed E-state index contributed by atoms with van der Waals surface area (Å²) in [7, 11) is 1.52. The van der Waals surface area contributed by atoms with E-state index in [4.69, 9.17) is 4.74 Å². The minimum absolute atomic E-state index is 0.0511. The summed E-state index contributed by atoms with van der Waals surface area (Å²) in [5.74, 6) is 0.766. The molecule has 0 radical (unpaired) electrons. The molecule has 0 amide bonds. The van der Waals surface area contributed by atoms with E-state index in [9.17, 15) is 4.79 Å². The van der Waals surface area contributed by atoms with E-state index in [1.165, 1.54) is 18.4 Å². The van der Waals surface area contributed by atoms with Gasteiger partial charge in [-0.2, -0.15) is 0 Å². The molecule has 0 saturated carbocycles. The van der Waals surface area contributed by atoms with Gasteiger partial charge in [-0.15, -0.1) is 0 Å². The number of anilines is 1. The number of hydrogen-bond acceptors (Lipinski definition) is 4. The van der Waals surface area contributed by atoms with Crippen LogP contribution in [0.15, 0.2) is 35.5 Å². The number of methoxy groups -OCH3 is 1. The molecule has 25 heavy (non-hydrogen) atoms. The van der Waals surface area contributed by atoms with Crippen LogP contribution in [0.2, 0.25) is 0 Å². The van der Waals surface area contributed by atoms with E-state index < -0.39 is 0 Å². The van der Waals surface area contributed by atoms with Gasteiger partial charge in [-0.1, -0.05) is 31.5 Å². The van der Waals surface area contributed by atoms with Gasteiger partial charge in [0.15, 0.2) is 0 Å². The monoisotopic (exact) mass is 338 g/mol. The van der Waals surface area contributed by atoms with E-state index in [-0.39, 0.29) is 11.4 Å². The number of rotatable bonds is 2. The normalized spacial score (nSPS) is 35.7. The lowest BCUT2D eigenvalue weighted by atomic mass is 9.56. The molecule has 2 bridgehead atoms. The van der Waals surface area contributed by atoms with E-state index in [0.29, 0.717) is 17.9 Å². The quantitative estimate of drug-likeness (QED) is 0.841. The van der Waals surface area contributed by atoms with Crippen LogP contribution < -0.4 is 5.32 Å². The molecule has 3 heterocycles. The molecular formula is C21H26N2O2. The average Bonchev–Trinajstić information content (AvgIpc) is 3.04. The number of nitrogens with zero attached hydrogens (tertiary/aromatic N) is 1. The van der Waals surface area contributed by atoms with Crippen LogP contribution in [0.3, 0.4) is 0 Å². The van der Waals surface area contributed by atoms with Crippen molar-refractivity contribution in [2.24, 2.45) is 17.3 Å². The maximum Gasteiger partial charge on any atom is 0.335 e. The minimum Gasteiger partial charge on any atom is -0.466 e. The van der Waals surface area contributed by atoms with Gasteiger partial charge in [0.25, 0.3) is 0 Å². The molecular weight excluding hydrogens is 312 g/mol. The predicted octanol–water partition coefficient (Wildman–Crippen LogP) is 3.20. The first kappa shape index (κ1) is 15.4.